The smallest absolute Gasteiger partial charge is 0.253 e. The monoisotopic (exact) mass is 368 g/mol. The van der Waals surface area contributed by atoms with Crippen LogP contribution in [-0.4, -0.2) is 42.3 Å². The first-order chi connectivity index (χ1) is 12.9. The average Bonchev–Trinajstić information content (AvgIpc) is 2.68. The van der Waals surface area contributed by atoms with Crippen molar-refractivity contribution in [1.29, 1.82) is 0 Å². The molecule has 0 fully saturated rings. The van der Waals surface area contributed by atoms with Crippen LogP contribution in [0.2, 0.25) is 0 Å². The number of nitrogens with two attached hydrogens (primary N) is 1. The Morgan fingerprint density at radius 3 is 2.19 bits per heavy atom. The molecular weight excluding hydrogens is 344 g/mol. The molecule has 7 heteroatoms. The van der Waals surface area contributed by atoms with E-state index in [0.29, 0.717) is 35.6 Å². The van der Waals surface area contributed by atoms with Crippen LogP contribution in [0.1, 0.15) is 34.6 Å². The highest BCUT2D eigenvalue weighted by molar-refractivity contribution is 5.97. The molecule has 0 saturated heterocycles. The Morgan fingerprint density at radius 2 is 1.59 bits per heavy atom. The third-order valence-electron chi connectivity index (χ3n) is 4.07. The second-order valence-corrected chi connectivity index (χ2v) is 5.90. The lowest BCUT2D eigenvalue weighted by atomic mass is 10.1. The van der Waals surface area contributed by atoms with Gasteiger partial charge in [-0.1, -0.05) is 6.07 Å². The molecule has 0 aromatic heterocycles. The minimum Gasteiger partial charge on any atom is -0.376 e. The summed E-state index contributed by atoms with van der Waals surface area (Å²) in [5.41, 5.74) is 7.42. The van der Waals surface area contributed by atoms with E-state index in [-0.39, 0.29) is 18.4 Å². The Morgan fingerprint density at radius 1 is 0.926 bits per heavy atom. The van der Waals surface area contributed by atoms with Gasteiger partial charge in [0.25, 0.3) is 5.91 Å². The number of carbonyl (C=O) groups excluding carboxylic acids is 3. The fraction of sp³-hybridized carbons (Fsp3) is 0.250. The largest absolute Gasteiger partial charge is 0.376 e. The summed E-state index contributed by atoms with van der Waals surface area (Å²) in [5.74, 6) is -0.807. The van der Waals surface area contributed by atoms with Gasteiger partial charge in [0.15, 0.2) is 0 Å². The third-order valence-corrected chi connectivity index (χ3v) is 4.07. The number of hydrogen-bond donors (Lipinski definition) is 3. The second kappa shape index (κ2) is 9.38. The topological polar surface area (TPSA) is 105 Å². The molecule has 2 aromatic rings. The second-order valence-electron chi connectivity index (χ2n) is 5.90. The molecule has 0 heterocycles. The molecule has 0 aliphatic rings. The molecule has 0 aliphatic heterocycles. The van der Waals surface area contributed by atoms with Crippen molar-refractivity contribution in [2.24, 2.45) is 5.73 Å². The Bertz CT molecular complexity index is 814. The number of benzene rings is 2. The Hall–Kier alpha value is -3.35. The summed E-state index contributed by atoms with van der Waals surface area (Å²) in [5, 5.41) is 5.69. The highest BCUT2D eigenvalue weighted by Gasteiger charge is 2.12. The summed E-state index contributed by atoms with van der Waals surface area (Å²) < 4.78 is 0. The highest BCUT2D eigenvalue weighted by Crippen LogP contribution is 2.13. The average molecular weight is 368 g/mol. The van der Waals surface area contributed by atoms with Crippen LogP contribution >= 0.6 is 0 Å². The number of anilines is 2. The van der Waals surface area contributed by atoms with Crippen molar-refractivity contribution >= 4 is 29.1 Å². The molecule has 0 spiro atoms. The predicted molar refractivity (Wildman–Crippen MR) is 106 cm³/mol. The molecule has 142 valence electrons. The van der Waals surface area contributed by atoms with Crippen molar-refractivity contribution in [3.05, 3.63) is 59.7 Å². The molecule has 0 radical (unpaired) electrons. The lowest BCUT2D eigenvalue weighted by Crippen LogP contribution is -2.30. The van der Waals surface area contributed by atoms with Crippen LogP contribution in [0.5, 0.6) is 0 Å². The molecule has 7 nitrogen and oxygen atoms in total. The van der Waals surface area contributed by atoms with Crippen LogP contribution in [0.3, 0.4) is 0 Å². The van der Waals surface area contributed by atoms with Crippen LogP contribution in [0.25, 0.3) is 0 Å². The normalized spacial score (nSPS) is 10.1. The van der Waals surface area contributed by atoms with Crippen molar-refractivity contribution < 1.29 is 14.4 Å². The number of primary amides is 1. The van der Waals surface area contributed by atoms with Gasteiger partial charge < -0.3 is 21.3 Å². The molecule has 4 N–H and O–H groups in total. The standard InChI is InChI=1S/C20H24N4O3/c1-3-24(4-2)20(27)14-8-10-16(11-9-14)23-18(25)13-22-17-7-5-6-15(12-17)19(21)26/h5-12,22H,3-4,13H2,1-2H3,(H2,21,26)(H,23,25). The van der Waals surface area contributed by atoms with E-state index in [1.807, 2.05) is 13.8 Å². The minimum absolute atomic E-state index is 0.0301. The zero-order valence-corrected chi connectivity index (χ0v) is 15.5. The van der Waals surface area contributed by atoms with Gasteiger partial charge in [0.05, 0.1) is 6.54 Å². The molecule has 0 atom stereocenters. The zero-order valence-electron chi connectivity index (χ0n) is 15.5. The van der Waals surface area contributed by atoms with E-state index in [9.17, 15) is 14.4 Å². The minimum atomic E-state index is -0.526. The molecule has 27 heavy (non-hydrogen) atoms. The van der Waals surface area contributed by atoms with Crippen LogP contribution < -0.4 is 16.4 Å². The van der Waals surface area contributed by atoms with E-state index in [0.717, 1.165) is 0 Å². The van der Waals surface area contributed by atoms with E-state index in [2.05, 4.69) is 10.6 Å². The van der Waals surface area contributed by atoms with E-state index in [1.54, 1.807) is 53.4 Å². The van der Waals surface area contributed by atoms with Gasteiger partial charge in [-0.05, 0) is 56.3 Å². The summed E-state index contributed by atoms with van der Waals surface area (Å²) in [4.78, 5) is 37.3. The highest BCUT2D eigenvalue weighted by atomic mass is 16.2. The SMILES string of the molecule is CCN(CC)C(=O)c1ccc(NC(=O)CNc2cccc(C(N)=O)c2)cc1. The first kappa shape index (κ1) is 20.0. The van der Waals surface area contributed by atoms with Crippen LogP contribution in [0, 0.1) is 0 Å². The Labute approximate surface area is 158 Å². The maximum absolute atomic E-state index is 12.3. The fourth-order valence-corrected chi connectivity index (χ4v) is 2.56. The first-order valence-electron chi connectivity index (χ1n) is 8.77. The molecular formula is C20H24N4O3. The summed E-state index contributed by atoms with van der Waals surface area (Å²) in [6.45, 7) is 5.19. The molecule has 0 unspecified atom stereocenters. The van der Waals surface area contributed by atoms with Gasteiger partial charge in [0, 0.05) is 35.6 Å². The molecule has 3 amide bonds. The molecule has 0 saturated carbocycles. The summed E-state index contributed by atoms with van der Waals surface area (Å²) >= 11 is 0. The van der Waals surface area contributed by atoms with E-state index in [1.165, 1.54) is 0 Å². The van der Waals surface area contributed by atoms with Gasteiger partial charge in [0.2, 0.25) is 11.8 Å². The van der Waals surface area contributed by atoms with Gasteiger partial charge in [0.1, 0.15) is 0 Å². The number of carbonyl (C=O) groups is 3. The van der Waals surface area contributed by atoms with Gasteiger partial charge >= 0.3 is 0 Å². The maximum atomic E-state index is 12.3. The summed E-state index contributed by atoms with van der Waals surface area (Å²) in [7, 11) is 0. The van der Waals surface area contributed by atoms with Gasteiger partial charge in [-0.15, -0.1) is 0 Å². The van der Waals surface area contributed by atoms with Crippen molar-refractivity contribution in [2.75, 3.05) is 30.3 Å². The van der Waals surface area contributed by atoms with Crippen LogP contribution in [0.4, 0.5) is 11.4 Å². The third kappa shape index (κ3) is 5.57. The first-order valence-corrected chi connectivity index (χ1v) is 8.77. The molecule has 0 bridgehead atoms. The van der Waals surface area contributed by atoms with Crippen molar-refractivity contribution in [2.45, 2.75) is 13.8 Å². The Balaban J connectivity index is 1.91. The maximum Gasteiger partial charge on any atom is 0.253 e. The lowest BCUT2D eigenvalue weighted by Gasteiger charge is -2.18. The number of amides is 3. The Kier molecular flexibility index (Phi) is 6.93. The number of nitrogens with zero attached hydrogens (tertiary/aromatic N) is 1. The zero-order chi connectivity index (χ0) is 19.8. The summed E-state index contributed by atoms with van der Waals surface area (Å²) in [6.07, 6.45) is 0. The molecule has 2 aromatic carbocycles. The van der Waals surface area contributed by atoms with Crippen LogP contribution in [0.15, 0.2) is 48.5 Å². The van der Waals surface area contributed by atoms with Gasteiger partial charge in [-0.3, -0.25) is 14.4 Å². The van der Waals surface area contributed by atoms with Crippen molar-refractivity contribution in [1.82, 2.24) is 4.90 Å². The summed E-state index contributed by atoms with van der Waals surface area (Å²) in [6, 6.07) is 13.4. The quantitative estimate of drug-likeness (QED) is 0.665. The van der Waals surface area contributed by atoms with E-state index in [4.69, 9.17) is 5.73 Å². The number of rotatable bonds is 8. The number of nitrogens with one attached hydrogen (secondary N) is 2. The predicted octanol–water partition coefficient (Wildman–Crippen LogP) is 2.32. The van der Waals surface area contributed by atoms with Crippen LogP contribution in [-0.2, 0) is 4.79 Å². The molecule has 2 rings (SSSR count). The van der Waals surface area contributed by atoms with E-state index < -0.39 is 5.91 Å². The molecule has 0 aliphatic carbocycles. The van der Waals surface area contributed by atoms with E-state index >= 15 is 0 Å². The van der Waals surface area contributed by atoms with Crippen molar-refractivity contribution in [3.63, 3.8) is 0 Å². The van der Waals surface area contributed by atoms with Crippen molar-refractivity contribution in [3.8, 4) is 0 Å². The fourth-order valence-electron chi connectivity index (χ4n) is 2.56. The van der Waals surface area contributed by atoms with Gasteiger partial charge in [-0.25, -0.2) is 0 Å². The number of hydrogen-bond acceptors (Lipinski definition) is 4. The lowest BCUT2D eigenvalue weighted by molar-refractivity contribution is -0.114. The van der Waals surface area contributed by atoms with Gasteiger partial charge in [-0.2, -0.15) is 0 Å².